The van der Waals surface area contributed by atoms with E-state index < -0.39 is 0 Å². The SMILES string of the molecule is Cc1cccc(N(C)Cc2ccccn2)n1. The largest absolute Gasteiger partial charge is 0.354 e. The van der Waals surface area contributed by atoms with Crippen molar-refractivity contribution in [2.45, 2.75) is 13.5 Å². The Labute approximate surface area is 95.8 Å². The first kappa shape index (κ1) is 10.6. The number of aromatic nitrogens is 2. The highest BCUT2D eigenvalue weighted by Crippen LogP contribution is 2.11. The Hall–Kier alpha value is -1.90. The first-order valence-electron chi connectivity index (χ1n) is 5.30. The van der Waals surface area contributed by atoms with Crippen LogP contribution in [-0.2, 0) is 6.54 Å². The van der Waals surface area contributed by atoms with Crippen LogP contribution in [0.3, 0.4) is 0 Å². The summed E-state index contributed by atoms with van der Waals surface area (Å²) in [5.74, 6) is 0.977. The van der Waals surface area contributed by atoms with Crippen LogP contribution in [0, 0.1) is 6.92 Å². The molecule has 0 aliphatic rings. The number of anilines is 1. The average Bonchev–Trinajstić information content (AvgIpc) is 2.30. The standard InChI is InChI=1S/C13H15N3/c1-11-6-5-8-13(15-11)16(2)10-12-7-3-4-9-14-12/h3-9H,10H2,1-2H3. The molecular formula is C13H15N3. The van der Waals surface area contributed by atoms with E-state index in [2.05, 4.69) is 14.9 Å². The zero-order valence-electron chi connectivity index (χ0n) is 9.59. The van der Waals surface area contributed by atoms with Crippen LogP contribution in [0.1, 0.15) is 11.4 Å². The van der Waals surface area contributed by atoms with E-state index in [1.165, 1.54) is 0 Å². The van der Waals surface area contributed by atoms with E-state index in [-0.39, 0.29) is 0 Å². The Morgan fingerprint density at radius 3 is 2.69 bits per heavy atom. The van der Waals surface area contributed by atoms with Crippen LogP contribution in [0.4, 0.5) is 5.82 Å². The quantitative estimate of drug-likeness (QED) is 0.784. The van der Waals surface area contributed by atoms with Gasteiger partial charge in [-0.1, -0.05) is 12.1 Å². The fourth-order valence-corrected chi connectivity index (χ4v) is 1.56. The lowest BCUT2D eigenvalue weighted by atomic mass is 10.3. The van der Waals surface area contributed by atoms with Crippen molar-refractivity contribution >= 4 is 5.82 Å². The summed E-state index contributed by atoms with van der Waals surface area (Å²) in [6.45, 7) is 2.77. The molecule has 0 saturated carbocycles. The van der Waals surface area contributed by atoms with E-state index in [9.17, 15) is 0 Å². The molecule has 0 aliphatic heterocycles. The lowest BCUT2D eigenvalue weighted by Crippen LogP contribution is -2.18. The molecule has 2 aromatic heterocycles. The second-order valence-electron chi connectivity index (χ2n) is 3.81. The molecular weight excluding hydrogens is 198 g/mol. The molecule has 0 fully saturated rings. The summed E-state index contributed by atoms with van der Waals surface area (Å²) < 4.78 is 0. The molecule has 0 saturated heterocycles. The van der Waals surface area contributed by atoms with E-state index in [1.54, 1.807) is 0 Å². The van der Waals surface area contributed by atoms with Crippen LogP contribution in [0.25, 0.3) is 0 Å². The Balaban J connectivity index is 2.12. The highest BCUT2D eigenvalue weighted by molar-refractivity contribution is 5.38. The monoisotopic (exact) mass is 213 g/mol. The first-order valence-corrected chi connectivity index (χ1v) is 5.30. The maximum absolute atomic E-state index is 4.47. The molecule has 0 aromatic carbocycles. The highest BCUT2D eigenvalue weighted by Gasteiger charge is 2.03. The van der Waals surface area contributed by atoms with Crippen LogP contribution in [-0.4, -0.2) is 17.0 Å². The van der Waals surface area contributed by atoms with E-state index >= 15 is 0 Å². The predicted octanol–water partition coefficient (Wildman–Crippen LogP) is 2.42. The molecule has 0 aliphatic carbocycles. The molecule has 0 bridgehead atoms. The van der Waals surface area contributed by atoms with Gasteiger partial charge in [-0.05, 0) is 31.2 Å². The van der Waals surface area contributed by atoms with Crippen molar-refractivity contribution in [1.29, 1.82) is 0 Å². The normalized spacial score (nSPS) is 10.1. The highest BCUT2D eigenvalue weighted by atomic mass is 15.2. The molecule has 0 unspecified atom stereocenters. The van der Waals surface area contributed by atoms with E-state index in [1.807, 2.05) is 56.6 Å². The third-order valence-electron chi connectivity index (χ3n) is 2.39. The van der Waals surface area contributed by atoms with Gasteiger partial charge in [0.15, 0.2) is 0 Å². The zero-order chi connectivity index (χ0) is 11.4. The van der Waals surface area contributed by atoms with Crippen molar-refractivity contribution in [1.82, 2.24) is 9.97 Å². The van der Waals surface area contributed by atoms with Crippen molar-refractivity contribution in [3.05, 3.63) is 54.0 Å². The summed E-state index contributed by atoms with van der Waals surface area (Å²) in [4.78, 5) is 10.9. The minimum atomic E-state index is 0.775. The maximum Gasteiger partial charge on any atom is 0.128 e. The lowest BCUT2D eigenvalue weighted by molar-refractivity contribution is 0.862. The average molecular weight is 213 g/mol. The Morgan fingerprint density at radius 2 is 2.00 bits per heavy atom. The number of hydrogen-bond acceptors (Lipinski definition) is 3. The van der Waals surface area contributed by atoms with Gasteiger partial charge in [-0.3, -0.25) is 4.98 Å². The second kappa shape index (κ2) is 4.75. The van der Waals surface area contributed by atoms with Gasteiger partial charge in [-0.2, -0.15) is 0 Å². The summed E-state index contributed by atoms with van der Waals surface area (Å²) in [6.07, 6.45) is 1.81. The molecule has 2 rings (SSSR count). The van der Waals surface area contributed by atoms with Gasteiger partial charge in [0.25, 0.3) is 0 Å². The topological polar surface area (TPSA) is 29.0 Å². The Bertz CT molecular complexity index is 454. The van der Waals surface area contributed by atoms with Crippen LogP contribution in [0.15, 0.2) is 42.6 Å². The summed E-state index contributed by atoms with van der Waals surface area (Å²) in [6, 6.07) is 12.0. The molecule has 0 atom stereocenters. The van der Waals surface area contributed by atoms with Gasteiger partial charge in [0, 0.05) is 18.9 Å². The van der Waals surface area contributed by atoms with Gasteiger partial charge in [-0.15, -0.1) is 0 Å². The van der Waals surface area contributed by atoms with Crippen molar-refractivity contribution in [3.63, 3.8) is 0 Å². The van der Waals surface area contributed by atoms with Crippen molar-refractivity contribution < 1.29 is 0 Å². The molecule has 0 amide bonds. The zero-order valence-corrected chi connectivity index (χ0v) is 9.59. The second-order valence-corrected chi connectivity index (χ2v) is 3.81. The van der Waals surface area contributed by atoms with Crippen molar-refractivity contribution in [3.8, 4) is 0 Å². The molecule has 3 nitrogen and oxygen atoms in total. The third-order valence-corrected chi connectivity index (χ3v) is 2.39. The number of rotatable bonds is 3. The van der Waals surface area contributed by atoms with Gasteiger partial charge in [0.1, 0.15) is 5.82 Å². The number of pyridine rings is 2. The van der Waals surface area contributed by atoms with Crippen molar-refractivity contribution in [2.24, 2.45) is 0 Å². The first-order chi connectivity index (χ1) is 7.75. The molecule has 82 valence electrons. The van der Waals surface area contributed by atoms with Crippen LogP contribution in [0.2, 0.25) is 0 Å². The summed E-state index contributed by atoms with van der Waals surface area (Å²) in [5, 5.41) is 0. The fourth-order valence-electron chi connectivity index (χ4n) is 1.56. The molecule has 0 radical (unpaired) electrons. The van der Waals surface area contributed by atoms with Crippen LogP contribution < -0.4 is 4.90 Å². The summed E-state index contributed by atoms with van der Waals surface area (Å²) in [7, 11) is 2.02. The minimum absolute atomic E-state index is 0.775. The number of nitrogens with zero attached hydrogens (tertiary/aromatic N) is 3. The summed E-state index contributed by atoms with van der Waals surface area (Å²) >= 11 is 0. The van der Waals surface area contributed by atoms with Gasteiger partial charge < -0.3 is 4.90 Å². The van der Waals surface area contributed by atoms with E-state index in [4.69, 9.17) is 0 Å². The van der Waals surface area contributed by atoms with Gasteiger partial charge in [0.2, 0.25) is 0 Å². The maximum atomic E-state index is 4.47. The smallest absolute Gasteiger partial charge is 0.128 e. The van der Waals surface area contributed by atoms with Crippen LogP contribution in [0.5, 0.6) is 0 Å². The molecule has 2 heterocycles. The molecule has 16 heavy (non-hydrogen) atoms. The minimum Gasteiger partial charge on any atom is -0.354 e. The number of aryl methyl sites for hydroxylation is 1. The van der Waals surface area contributed by atoms with Gasteiger partial charge in [0.05, 0.1) is 12.2 Å². The van der Waals surface area contributed by atoms with Crippen LogP contribution >= 0.6 is 0 Å². The lowest BCUT2D eigenvalue weighted by Gasteiger charge is -2.17. The fraction of sp³-hybridized carbons (Fsp3) is 0.231. The van der Waals surface area contributed by atoms with Gasteiger partial charge >= 0.3 is 0 Å². The molecule has 2 aromatic rings. The Kier molecular flexibility index (Phi) is 3.15. The van der Waals surface area contributed by atoms with E-state index in [0.29, 0.717) is 0 Å². The van der Waals surface area contributed by atoms with Gasteiger partial charge in [-0.25, -0.2) is 4.98 Å². The van der Waals surface area contributed by atoms with Crippen molar-refractivity contribution in [2.75, 3.05) is 11.9 Å². The molecule has 0 spiro atoms. The van der Waals surface area contributed by atoms with E-state index in [0.717, 1.165) is 23.8 Å². The third kappa shape index (κ3) is 2.57. The Morgan fingerprint density at radius 1 is 1.12 bits per heavy atom. The molecule has 0 N–H and O–H groups in total. The summed E-state index contributed by atoms with van der Waals surface area (Å²) in [5.41, 5.74) is 2.08. The number of hydrogen-bond donors (Lipinski definition) is 0. The predicted molar refractivity (Wildman–Crippen MR) is 65.3 cm³/mol. The molecule has 3 heteroatoms.